The monoisotopic (exact) mass is 464 g/mol. The summed E-state index contributed by atoms with van der Waals surface area (Å²) in [6.45, 7) is 0.760. The van der Waals surface area contributed by atoms with Gasteiger partial charge in [0.05, 0.1) is 5.56 Å². The van der Waals surface area contributed by atoms with Crippen LogP contribution in [0.5, 0.6) is 0 Å². The molecule has 2 aromatic rings. The van der Waals surface area contributed by atoms with Gasteiger partial charge in [0.15, 0.2) is 0 Å². The Labute approximate surface area is 185 Å². The summed E-state index contributed by atoms with van der Waals surface area (Å²) < 4.78 is 66.3. The van der Waals surface area contributed by atoms with Crippen molar-refractivity contribution < 1.29 is 26.4 Å². The first-order valence-corrected chi connectivity index (χ1v) is 11.9. The predicted octanol–water partition coefficient (Wildman–Crippen LogP) is 3.95. The normalized spacial score (nSPS) is 22.3. The molecule has 2 fully saturated rings. The van der Waals surface area contributed by atoms with Gasteiger partial charge in [-0.1, -0.05) is 48.5 Å². The summed E-state index contributed by atoms with van der Waals surface area (Å²) in [6.07, 6.45) is -2.55. The minimum absolute atomic E-state index is 0.156. The van der Waals surface area contributed by atoms with Gasteiger partial charge in [0.2, 0.25) is 15.9 Å². The molecule has 9 heteroatoms. The number of rotatable bonds is 5. The molecule has 2 atom stereocenters. The van der Waals surface area contributed by atoms with Crippen molar-refractivity contribution in [2.45, 2.75) is 18.5 Å². The third-order valence-corrected chi connectivity index (χ3v) is 7.48. The summed E-state index contributed by atoms with van der Waals surface area (Å²) >= 11 is 0. The second kappa shape index (κ2) is 8.71. The van der Waals surface area contributed by atoms with Crippen molar-refractivity contribution in [3.63, 3.8) is 0 Å². The molecular formula is C23H23F3N2O3S. The van der Waals surface area contributed by atoms with Crippen LogP contribution in [-0.2, 0) is 21.0 Å². The second-order valence-corrected chi connectivity index (χ2v) is 9.83. The Morgan fingerprint density at radius 3 is 2.22 bits per heavy atom. The summed E-state index contributed by atoms with van der Waals surface area (Å²) in [5, 5.41) is 1.16. The molecule has 1 saturated carbocycles. The van der Waals surface area contributed by atoms with E-state index in [1.807, 2.05) is 18.2 Å². The average Bonchev–Trinajstić information content (AvgIpc) is 3.58. The Balaban J connectivity index is 1.36. The topological polar surface area (TPSA) is 57.7 Å². The summed E-state index contributed by atoms with van der Waals surface area (Å²) in [5.41, 5.74) is 0.232. The minimum Gasteiger partial charge on any atom is -0.340 e. The molecular weight excluding hydrogens is 441 g/mol. The molecule has 0 radical (unpaired) electrons. The highest BCUT2D eigenvalue weighted by molar-refractivity contribution is 7.92. The van der Waals surface area contributed by atoms with Gasteiger partial charge in [-0.25, -0.2) is 8.42 Å². The number of benzene rings is 2. The van der Waals surface area contributed by atoms with Crippen LogP contribution >= 0.6 is 0 Å². The molecule has 1 aliphatic heterocycles. The Hall–Kier alpha value is -2.65. The van der Waals surface area contributed by atoms with Gasteiger partial charge in [0, 0.05) is 37.5 Å². The highest BCUT2D eigenvalue weighted by Gasteiger charge is 2.49. The average molecular weight is 465 g/mol. The fourth-order valence-electron chi connectivity index (χ4n) is 4.10. The number of piperazine rings is 1. The summed E-state index contributed by atoms with van der Waals surface area (Å²) in [7, 11) is -3.62. The molecule has 1 heterocycles. The number of sulfonamides is 1. The first-order valence-electron chi connectivity index (χ1n) is 10.3. The molecule has 1 amide bonds. The van der Waals surface area contributed by atoms with Crippen molar-refractivity contribution in [1.29, 1.82) is 0 Å². The fourth-order valence-corrected chi connectivity index (χ4v) is 5.28. The van der Waals surface area contributed by atoms with Crippen molar-refractivity contribution in [1.82, 2.24) is 9.21 Å². The zero-order valence-electron chi connectivity index (χ0n) is 17.2. The molecule has 4 rings (SSSR count). The van der Waals surface area contributed by atoms with E-state index < -0.39 is 33.6 Å². The van der Waals surface area contributed by atoms with Crippen molar-refractivity contribution in [3.05, 3.63) is 76.7 Å². The third-order valence-electron chi connectivity index (χ3n) is 5.92. The van der Waals surface area contributed by atoms with Gasteiger partial charge < -0.3 is 4.90 Å². The quantitative estimate of drug-likeness (QED) is 0.673. The summed E-state index contributed by atoms with van der Waals surface area (Å²) in [4.78, 5) is 14.4. The standard InChI is InChI=1S/C23H23F3N2O3S/c24-23(25,26)21-9-5-4-8-18(21)19-16-20(19)22(29)27-11-13-28(14-12-27)32(30,31)15-10-17-6-2-1-3-7-17/h1-10,15,19-20H,11-14,16H2/b15-10+. The fraction of sp³-hybridized carbons (Fsp3) is 0.348. The zero-order valence-corrected chi connectivity index (χ0v) is 18.0. The summed E-state index contributed by atoms with van der Waals surface area (Å²) in [6, 6.07) is 14.4. The largest absolute Gasteiger partial charge is 0.416 e. The van der Waals surface area contributed by atoms with Crippen LogP contribution in [0.1, 0.15) is 29.0 Å². The lowest BCUT2D eigenvalue weighted by molar-refractivity contribution is -0.139. The Kier molecular flexibility index (Phi) is 6.13. The number of nitrogens with zero attached hydrogens (tertiary/aromatic N) is 2. The van der Waals surface area contributed by atoms with E-state index in [1.165, 1.54) is 22.5 Å². The molecule has 0 spiro atoms. The van der Waals surface area contributed by atoms with Crippen LogP contribution < -0.4 is 0 Å². The molecule has 32 heavy (non-hydrogen) atoms. The van der Waals surface area contributed by atoms with Crippen LogP contribution in [0.4, 0.5) is 13.2 Å². The lowest BCUT2D eigenvalue weighted by Crippen LogP contribution is -2.50. The van der Waals surface area contributed by atoms with E-state index in [0.29, 0.717) is 6.42 Å². The van der Waals surface area contributed by atoms with Crippen LogP contribution in [0.2, 0.25) is 0 Å². The molecule has 0 bridgehead atoms. The van der Waals surface area contributed by atoms with Crippen LogP contribution in [-0.4, -0.2) is 49.7 Å². The van der Waals surface area contributed by atoms with Crippen LogP contribution in [0.3, 0.4) is 0 Å². The maximum absolute atomic E-state index is 13.3. The van der Waals surface area contributed by atoms with Crippen molar-refractivity contribution in [2.24, 2.45) is 5.92 Å². The molecule has 2 aliphatic rings. The maximum atomic E-state index is 13.3. The van der Waals surface area contributed by atoms with E-state index in [2.05, 4.69) is 0 Å². The van der Waals surface area contributed by atoms with Gasteiger partial charge in [-0.2, -0.15) is 17.5 Å². The molecule has 170 valence electrons. The van der Waals surface area contributed by atoms with Gasteiger partial charge in [-0.05, 0) is 35.6 Å². The van der Waals surface area contributed by atoms with Crippen molar-refractivity contribution >= 4 is 22.0 Å². The number of alkyl halides is 3. The van der Waals surface area contributed by atoms with E-state index >= 15 is 0 Å². The Bertz CT molecular complexity index is 1110. The van der Waals surface area contributed by atoms with Gasteiger partial charge in [-0.3, -0.25) is 4.79 Å². The third kappa shape index (κ3) is 4.88. The van der Waals surface area contributed by atoms with E-state index in [-0.39, 0.29) is 37.6 Å². The summed E-state index contributed by atoms with van der Waals surface area (Å²) in [5.74, 6) is -1.14. The minimum atomic E-state index is -4.46. The molecule has 0 N–H and O–H groups in total. The maximum Gasteiger partial charge on any atom is 0.416 e. The second-order valence-electron chi connectivity index (χ2n) is 8.02. The Morgan fingerprint density at radius 1 is 0.938 bits per heavy atom. The highest BCUT2D eigenvalue weighted by atomic mass is 32.2. The van der Waals surface area contributed by atoms with E-state index in [4.69, 9.17) is 0 Å². The molecule has 2 unspecified atom stereocenters. The number of carbonyl (C=O) groups excluding carboxylic acids is 1. The van der Waals surface area contributed by atoms with Crippen molar-refractivity contribution in [3.8, 4) is 0 Å². The number of carbonyl (C=O) groups is 1. The molecule has 1 saturated heterocycles. The van der Waals surface area contributed by atoms with Gasteiger partial charge in [-0.15, -0.1) is 0 Å². The number of hydrogen-bond donors (Lipinski definition) is 0. The Morgan fingerprint density at radius 2 is 1.56 bits per heavy atom. The zero-order chi connectivity index (χ0) is 22.9. The molecule has 5 nitrogen and oxygen atoms in total. The van der Waals surface area contributed by atoms with E-state index in [9.17, 15) is 26.4 Å². The van der Waals surface area contributed by atoms with Crippen molar-refractivity contribution in [2.75, 3.05) is 26.2 Å². The first-order chi connectivity index (χ1) is 15.2. The number of halogens is 3. The van der Waals surface area contributed by atoms with Gasteiger partial charge in [0.1, 0.15) is 0 Å². The molecule has 1 aliphatic carbocycles. The molecule has 2 aromatic carbocycles. The van der Waals surface area contributed by atoms with Gasteiger partial charge >= 0.3 is 6.18 Å². The van der Waals surface area contributed by atoms with Gasteiger partial charge in [0.25, 0.3) is 0 Å². The number of amides is 1. The lowest BCUT2D eigenvalue weighted by Gasteiger charge is -2.33. The molecule has 0 aromatic heterocycles. The SMILES string of the molecule is O=C(C1CC1c1ccccc1C(F)(F)F)N1CCN(S(=O)(=O)/C=C/c2ccccc2)CC1. The van der Waals surface area contributed by atoms with Crippen LogP contribution in [0.15, 0.2) is 60.0 Å². The smallest absolute Gasteiger partial charge is 0.340 e. The van der Waals surface area contributed by atoms with E-state index in [0.717, 1.165) is 17.0 Å². The number of hydrogen-bond acceptors (Lipinski definition) is 3. The highest BCUT2D eigenvalue weighted by Crippen LogP contribution is 2.51. The van der Waals surface area contributed by atoms with E-state index in [1.54, 1.807) is 23.1 Å². The van der Waals surface area contributed by atoms with Crippen LogP contribution in [0, 0.1) is 5.92 Å². The predicted molar refractivity (Wildman–Crippen MR) is 115 cm³/mol. The first kappa shape index (κ1) is 22.5. The lowest BCUT2D eigenvalue weighted by atomic mass is 10.0. The van der Waals surface area contributed by atoms with Crippen LogP contribution in [0.25, 0.3) is 6.08 Å².